The van der Waals surface area contributed by atoms with Gasteiger partial charge in [-0.1, -0.05) is 74.2 Å². The molecule has 0 radical (unpaired) electrons. The number of hydrogen-bond donors (Lipinski definition) is 1. The molecule has 0 aliphatic carbocycles. The van der Waals surface area contributed by atoms with Crippen molar-refractivity contribution in [2.75, 3.05) is 19.0 Å². The molecule has 0 aliphatic rings. The fraction of sp³-hybridized carbons (Fsp3) is 0.241. The van der Waals surface area contributed by atoms with Crippen LogP contribution in [0.5, 0.6) is 11.5 Å². The first kappa shape index (κ1) is 26.0. The number of amides is 1. The van der Waals surface area contributed by atoms with Crippen LogP contribution >= 0.6 is 11.6 Å². The van der Waals surface area contributed by atoms with E-state index >= 15 is 0 Å². The summed E-state index contributed by atoms with van der Waals surface area (Å²) >= 11 is 6.12. The molecule has 1 amide bonds. The monoisotopic (exact) mass is 491 g/mol. The summed E-state index contributed by atoms with van der Waals surface area (Å²) in [5, 5.41) is 3.20. The van der Waals surface area contributed by atoms with Crippen molar-refractivity contribution in [1.82, 2.24) is 0 Å². The lowest BCUT2D eigenvalue weighted by molar-refractivity contribution is -0.111. The van der Waals surface area contributed by atoms with Crippen molar-refractivity contribution < 1.29 is 19.1 Å². The Morgan fingerprint density at radius 3 is 2.49 bits per heavy atom. The Bertz CT molecular complexity index is 1170. The minimum atomic E-state index is -0.371. The van der Waals surface area contributed by atoms with Crippen molar-refractivity contribution in [3.8, 4) is 11.5 Å². The van der Waals surface area contributed by atoms with Gasteiger partial charge in [-0.25, -0.2) is 0 Å². The maximum absolute atomic E-state index is 13.0. The smallest absolute Gasteiger partial charge is 0.248 e. The summed E-state index contributed by atoms with van der Waals surface area (Å²) in [5.74, 6) is 0.694. The van der Waals surface area contributed by atoms with Crippen LogP contribution in [0, 0.1) is 0 Å². The zero-order valence-electron chi connectivity index (χ0n) is 20.1. The number of ether oxygens (including phenoxy) is 2. The molecule has 3 aromatic rings. The van der Waals surface area contributed by atoms with Gasteiger partial charge < -0.3 is 14.8 Å². The SMILES string of the molecule is CCCCCCOc1ccc(C=CC(=O)Nc2ccc(Cl)cc2C(=O)c2ccccc2)cc1OC. The number of methoxy groups -OCH3 is 1. The van der Waals surface area contributed by atoms with Crippen LogP contribution in [0.4, 0.5) is 5.69 Å². The highest BCUT2D eigenvalue weighted by Gasteiger charge is 2.15. The third-order valence-electron chi connectivity index (χ3n) is 5.39. The van der Waals surface area contributed by atoms with E-state index in [4.69, 9.17) is 21.1 Å². The highest BCUT2D eigenvalue weighted by Crippen LogP contribution is 2.29. The van der Waals surface area contributed by atoms with Crippen molar-refractivity contribution in [3.63, 3.8) is 0 Å². The quantitative estimate of drug-likeness (QED) is 0.165. The van der Waals surface area contributed by atoms with Crippen LogP contribution in [0.3, 0.4) is 0 Å². The average Bonchev–Trinajstić information content (AvgIpc) is 2.88. The first-order valence-electron chi connectivity index (χ1n) is 11.7. The summed E-state index contributed by atoms with van der Waals surface area (Å²) in [4.78, 5) is 25.6. The number of rotatable bonds is 12. The Balaban J connectivity index is 1.68. The topological polar surface area (TPSA) is 64.6 Å². The maximum Gasteiger partial charge on any atom is 0.248 e. The predicted molar refractivity (Wildman–Crippen MR) is 142 cm³/mol. The highest BCUT2D eigenvalue weighted by atomic mass is 35.5. The highest BCUT2D eigenvalue weighted by molar-refractivity contribution is 6.31. The lowest BCUT2D eigenvalue weighted by Crippen LogP contribution is -2.12. The summed E-state index contributed by atoms with van der Waals surface area (Å²) in [7, 11) is 1.59. The van der Waals surface area contributed by atoms with E-state index in [9.17, 15) is 9.59 Å². The number of unbranched alkanes of at least 4 members (excludes halogenated alkanes) is 3. The average molecular weight is 492 g/mol. The molecule has 35 heavy (non-hydrogen) atoms. The van der Waals surface area contributed by atoms with E-state index in [1.165, 1.54) is 18.9 Å². The molecule has 182 valence electrons. The molecule has 0 atom stereocenters. The van der Waals surface area contributed by atoms with E-state index in [0.29, 0.717) is 39.9 Å². The normalized spacial score (nSPS) is 10.8. The molecule has 0 spiro atoms. The zero-order valence-corrected chi connectivity index (χ0v) is 20.8. The van der Waals surface area contributed by atoms with Gasteiger partial charge in [0.2, 0.25) is 5.91 Å². The van der Waals surface area contributed by atoms with Crippen LogP contribution < -0.4 is 14.8 Å². The molecule has 0 saturated heterocycles. The van der Waals surface area contributed by atoms with Gasteiger partial charge in [-0.15, -0.1) is 0 Å². The van der Waals surface area contributed by atoms with Crippen LogP contribution in [0.15, 0.2) is 72.8 Å². The molecule has 6 heteroatoms. The molecule has 0 saturated carbocycles. The standard InChI is InChI=1S/C29H30ClNO4/c1-3-4-5-9-18-35-26-16-12-21(19-27(26)34-2)13-17-28(32)31-25-15-14-23(30)20-24(25)29(33)22-10-7-6-8-11-22/h6-8,10-17,19-20H,3-5,9,18H2,1-2H3,(H,31,32). The lowest BCUT2D eigenvalue weighted by Gasteiger charge is -2.11. The van der Waals surface area contributed by atoms with Crippen molar-refractivity contribution in [1.29, 1.82) is 0 Å². The van der Waals surface area contributed by atoms with Crippen molar-refractivity contribution >= 4 is 35.1 Å². The number of halogens is 1. The van der Waals surface area contributed by atoms with Gasteiger partial charge in [0.1, 0.15) is 0 Å². The second kappa shape index (κ2) is 13.4. The van der Waals surface area contributed by atoms with Crippen molar-refractivity contribution in [3.05, 3.63) is 94.5 Å². The van der Waals surface area contributed by atoms with E-state index in [1.54, 1.807) is 55.7 Å². The minimum Gasteiger partial charge on any atom is -0.493 e. The molecule has 5 nitrogen and oxygen atoms in total. The molecular formula is C29H30ClNO4. The van der Waals surface area contributed by atoms with Crippen molar-refractivity contribution in [2.45, 2.75) is 32.6 Å². The Hall–Kier alpha value is -3.57. The van der Waals surface area contributed by atoms with E-state index in [2.05, 4.69) is 12.2 Å². The molecule has 3 aromatic carbocycles. The summed E-state index contributed by atoms with van der Waals surface area (Å²) in [5.41, 5.74) is 2.02. The van der Waals surface area contributed by atoms with E-state index in [1.807, 2.05) is 24.3 Å². The number of benzene rings is 3. The van der Waals surface area contributed by atoms with Crippen LogP contribution in [0.1, 0.15) is 54.1 Å². The molecule has 0 unspecified atom stereocenters. The van der Waals surface area contributed by atoms with Gasteiger partial charge in [0, 0.05) is 22.2 Å². The van der Waals surface area contributed by atoms with Gasteiger partial charge in [-0.3, -0.25) is 9.59 Å². The molecule has 3 rings (SSSR count). The Morgan fingerprint density at radius 1 is 0.943 bits per heavy atom. The molecule has 0 fully saturated rings. The Kier molecular flexibility index (Phi) is 9.93. The van der Waals surface area contributed by atoms with Gasteiger partial charge in [0.15, 0.2) is 17.3 Å². The summed E-state index contributed by atoms with van der Waals surface area (Å²) < 4.78 is 11.3. The number of ketones is 1. The van der Waals surface area contributed by atoms with Gasteiger partial charge in [0.25, 0.3) is 0 Å². The largest absolute Gasteiger partial charge is 0.493 e. The van der Waals surface area contributed by atoms with Gasteiger partial charge in [-0.05, 0) is 48.4 Å². The molecule has 0 aliphatic heterocycles. The van der Waals surface area contributed by atoms with Crippen molar-refractivity contribution in [2.24, 2.45) is 0 Å². The molecule has 0 heterocycles. The van der Waals surface area contributed by atoms with Crippen LogP contribution in [0.2, 0.25) is 5.02 Å². The second-order valence-electron chi connectivity index (χ2n) is 8.03. The third-order valence-corrected chi connectivity index (χ3v) is 5.63. The van der Waals surface area contributed by atoms with E-state index < -0.39 is 0 Å². The molecular weight excluding hydrogens is 462 g/mol. The molecule has 1 N–H and O–H groups in total. The molecule has 0 bridgehead atoms. The number of carbonyl (C=O) groups excluding carboxylic acids is 2. The van der Waals surface area contributed by atoms with Gasteiger partial charge in [0.05, 0.1) is 19.4 Å². The van der Waals surface area contributed by atoms with Crippen LogP contribution in [0.25, 0.3) is 6.08 Å². The first-order chi connectivity index (χ1) is 17.0. The first-order valence-corrected chi connectivity index (χ1v) is 12.1. The zero-order chi connectivity index (χ0) is 25.0. The Morgan fingerprint density at radius 2 is 1.74 bits per heavy atom. The third kappa shape index (κ3) is 7.72. The number of nitrogens with one attached hydrogen (secondary N) is 1. The summed E-state index contributed by atoms with van der Waals surface area (Å²) in [6.45, 7) is 2.81. The maximum atomic E-state index is 13.0. The summed E-state index contributed by atoms with van der Waals surface area (Å²) in [6.07, 6.45) is 7.60. The number of carbonyl (C=O) groups is 2. The van der Waals surface area contributed by atoms with Gasteiger partial charge in [-0.2, -0.15) is 0 Å². The minimum absolute atomic E-state index is 0.220. The summed E-state index contributed by atoms with van der Waals surface area (Å²) in [6, 6.07) is 19.2. The van der Waals surface area contributed by atoms with E-state index in [0.717, 1.165) is 18.4 Å². The predicted octanol–water partition coefficient (Wildman–Crippen LogP) is 7.19. The molecule has 0 aromatic heterocycles. The lowest BCUT2D eigenvalue weighted by atomic mass is 10.0. The second-order valence-corrected chi connectivity index (χ2v) is 8.46. The van der Waals surface area contributed by atoms with Crippen LogP contribution in [-0.2, 0) is 4.79 Å². The Labute approximate surface area is 211 Å². The van der Waals surface area contributed by atoms with Gasteiger partial charge >= 0.3 is 0 Å². The fourth-order valence-corrected chi connectivity index (χ4v) is 3.69. The number of hydrogen-bond acceptors (Lipinski definition) is 4. The number of anilines is 1. The van der Waals surface area contributed by atoms with Crippen LogP contribution in [-0.4, -0.2) is 25.4 Å². The fourth-order valence-electron chi connectivity index (χ4n) is 3.52. The van der Waals surface area contributed by atoms with E-state index in [-0.39, 0.29) is 11.7 Å².